The van der Waals surface area contributed by atoms with Gasteiger partial charge >= 0.3 is 29.7 Å². The lowest BCUT2D eigenvalue weighted by molar-refractivity contribution is -0.449. The summed E-state index contributed by atoms with van der Waals surface area (Å²) in [5, 5.41) is 31.2. The van der Waals surface area contributed by atoms with Crippen molar-refractivity contribution in [3.8, 4) is 0 Å². The molecule has 54 heavy (non-hydrogen) atoms. The van der Waals surface area contributed by atoms with Gasteiger partial charge in [-0.3, -0.25) is 14.4 Å². The van der Waals surface area contributed by atoms with Crippen LogP contribution in [0.25, 0.3) is 0 Å². The Bertz CT molecular complexity index is 830. The van der Waals surface area contributed by atoms with Crippen molar-refractivity contribution < 1.29 is 43.9 Å². The lowest BCUT2D eigenvalue weighted by Gasteiger charge is -2.37. The van der Waals surface area contributed by atoms with Gasteiger partial charge in [-0.2, -0.15) is 0 Å². The molecule has 0 unspecified atom stereocenters. The zero-order chi connectivity index (χ0) is 40.0. The van der Waals surface area contributed by atoms with E-state index in [1.165, 1.54) is 122 Å². The average molecular weight is 771 g/mol. The minimum atomic E-state index is -3.79. The second-order valence-electron chi connectivity index (χ2n) is 15.9. The monoisotopic (exact) mass is 771 g/mol. The van der Waals surface area contributed by atoms with Gasteiger partial charge in [-0.15, -0.1) is 0 Å². The molecule has 0 radical (unpaired) electrons. The first-order valence-electron chi connectivity index (χ1n) is 22.9. The van der Waals surface area contributed by atoms with Gasteiger partial charge < -0.3 is 29.5 Å². The fourth-order valence-electron chi connectivity index (χ4n) is 6.83. The van der Waals surface area contributed by atoms with Gasteiger partial charge in [0.05, 0.1) is 0 Å². The van der Waals surface area contributed by atoms with Crippen molar-refractivity contribution in [2.75, 3.05) is 6.61 Å². The SMILES string of the molecule is CCCCCCCCCCCCCC(=O)OCC(OC(=O)CCCCCCCCCCCCC)(OC(=O)CCCCCCCCCCCCC)C(O)(O)O. The predicted molar refractivity (Wildman–Crippen MR) is 218 cm³/mol. The van der Waals surface area contributed by atoms with Gasteiger partial charge in [0.25, 0.3) is 0 Å². The standard InChI is InChI=1S/C45H86O9/c1-4-7-10-13-16-19-22-25-28-31-34-37-41(46)52-40-44(45(49,50)51,53-42(47)38-35-32-29-26-23-20-17-14-11-8-5-2)54-43(48)39-36-33-30-27-24-21-18-15-12-9-6-3/h49-51H,4-40H2,1-3H3. The zero-order valence-corrected chi connectivity index (χ0v) is 35.5. The van der Waals surface area contributed by atoms with Crippen LogP contribution in [-0.4, -0.2) is 51.6 Å². The van der Waals surface area contributed by atoms with Crippen molar-refractivity contribution >= 4 is 17.9 Å². The molecule has 9 heteroatoms. The highest BCUT2D eigenvalue weighted by Crippen LogP contribution is 2.28. The van der Waals surface area contributed by atoms with Crippen LogP contribution in [0.1, 0.15) is 252 Å². The Morgan fingerprint density at radius 1 is 0.352 bits per heavy atom. The second kappa shape index (κ2) is 36.9. The highest BCUT2D eigenvalue weighted by atomic mass is 16.8. The molecular weight excluding hydrogens is 684 g/mol. The van der Waals surface area contributed by atoms with Crippen molar-refractivity contribution in [1.82, 2.24) is 0 Å². The van der Waals surface area contributed by atoms with E-state index in [9.17, 15) is 29.7 Å². The van der Waals surface area contributed by atoms with Gasteiger partial charge in [0.2, 0.25) is 0 Å². The maximum absolute atomic E-state index is 12.9. The molecule has 0 saturated heterocycles. The molecule has 0 aliphatic heterocycles. The van der Waals surface area contributed by atoms with Gasteiger partial charge in [0, 0.05) is 19.3 Å². The van der Waals surface area contributed by atoms with E-state index in [1.807, 2.05) is 0 Å². The van der Waals surface area contributed by atoms with Crippen LogP contribution in [0.5, 0.6) is 0 Å². The minimum Gasteiger partial charge on any atom is -0.457 e. The van der Waals surface area contributed by atoms with Crippen LogP contribution in [-0.2, 0) is 28.6 Å². The third-order valence-electron chi connectivity index (χ3n) is 10.4. The Morgan fingerprint density at radius 3 is 0.815 bits per heavy atom. The quantitative estimate of drug-likeness (QED) is 0.0315. The molecule has 0 fully saturated rings. The van der Waals surface area contributed by atoms with Gasteiger partial charge in [-0.05, 0) is 19.3 Å². The van der Waals surface area contributed by atoms with Gasteiger partial charge in [0.15, 0.2) is 6.61 Å². The Hall–Kier alpha value is -1.71. The van der Waals surface area contributed by atoms with Crippen LogP contribution in [0.3, 0.4) is 0 Å². The van der Waals surface area contributed by atoms with Gasteiger partial charge in [0.1, 0.15) is 0 Å². The van der Waals surface area contributed by atoms with Crippen LogP contribution in [0, 0.1) is 0 Å². The van der Waals surface area contributed by atoms with E-state index >= 15 is 0 Å². The van der Waals surface area contributed by atoms with Crippen LogP contribution in [0.4, 0.5) is 0 Å². The maximum atomic E-state index is 12.9. The van der Waals surface area contributed by atoms with E-state index in [0.717, 1.165) is 70.6 Å². The molecule has 0 aromatic rings. The number of hydrogen-bond acceptors (Lipinski definition) is 9. The number of aliphatic hydroxyl groups is 3. The number of carbonyl (C=O) groups is 3. The van der Waals surface area contributed by atoms with Crippen LogP contribution < -0.4 is 0 Å². The minimum absolute atomic E-state index is 0.0712. The van der Waals surface area contributed by atoms with Crippen molar-refractivity contribution in [2.24, 2.45) is 0 Å². The van der Waals surface area contributed by atoms with Crippen molar-refractivity contribution in [1.29, 1.82) is 0 Å². The topological polar surface area (TPSA) is 140 Å². The number of carbonyl (C=O) groups excluding carboxylic acids is 3. The van der Waals surface area contributed by atoms with Crippen molar-refractivity contribution in [3.05, 3.63) is 0 Å². The van der Waals surface area contributed by atoms with E-state index in [0.29, 0.717) is 19.3 Å². The number of rotatable bonds is 41. The highest BCUT2D eigenvalue weighted by molar-refractivity contribution is 5.73. The summed E-state index contributed by atoms with van der Waals surface area (Å²) in [7, 11) is 0. The summed E-state index contributed by atoms with van der Waals surface area (Å²) >= 11 is 0. The van der Waals surface area contributed by atoms with E-state index < -0.39 is 36.3 Å². The van der Waals surface area contributed by atoms with Crippen LogP contribution in [0.2, 0.25) is 0 Å². The number of hydrogen-bond donors (Lipinski definition) is 3. The summed E-state index contributed by atoms with van der Waals surface area (Å²) in [6.07, 6.45) is 36.4. The van der Waals surface area contributed by atoms with Crippen molar-refractivity contribution in [3.63, 3.8) is 0 Å². The number of unbranched alkanes of at least 4 members (excludes halogenated alkanes) is 30. The third kappa shape index (κ3) is 31.5. The largest absolute Gasteiger partial charge is 0.457 e. The molecule has 0 aromatic heterocycles. The van der Waals surface area contributed by atoms with Crippen molar-refractivity contribution in [2.45, 2.75) is 264 Å². The third-order valence-corrected chi connectivity index (χ3v) is 10.4. The normalized spacial score (nSPS) is 11.9. The van der Waals surface area contributed by atoms with E-state index in [1.54, 1.807) is 0 Å². The Balaban J connectivity index is 4.93. The Kier molecular flexibility index (Phi) is 35.7. The zero-order valence-electron chi connectivity index (χ0n) is 35.5. The summed E-state index contributed by atoms with van der Waals surface area (Å²) < 4.78 is 15.9. The number of ether oxygens (including phenoxy) is 3. The molecule has 3 N–H and O–H groups in total. The van der Waals surface area contributed by atoms with Gasteiger partial charge in [-0.1, -0.05) is 213 Å². The molecule has 0 bridgehead atoms. The summed E-state index contributed by atoms with van der Waals surface area (Å²) in [6, 6.07) is 0. The molecule has 0 heterocycles. The molecular formula is C45H86O9. The Labute approximate surface area is 331 Å². The number of esters is 3. The summed E-state index contributed by atoms with van der Waals surface area (Å²) in [5.74, 6) is -9.21. The molecule has 0 rings (SSSR count). The predicted octanol–water partition coefficient (Wildman–Crippen LogP) is 12.0. The molecule has 0 spiro atoms. The first kappa shape index (κ1) is 52.3. The first-order chi connectivity index (χ1) is 26.1. The molecule has 0 aromatic carbocycles. The molecule has 0 atom stereocenters. The molecule has 320 valence electrons. The van der Waals surface area contributed by atoms with E-state index in [2.05, 4.69) is 20.8 Å². The van der Waals surface area contributed by atoms with Gasteiger partial charge in [-0.25, -0.2) is 0 Å². The average Bonchev–Trinajstić information content (AvgIpc) is 3.13. The first-order valence-corrected chi connectivity index (χ1v) is 22.9. The fraction of sp³-hybridized carbons (Fsp3) is 0.933. The smallest absolute Gasteiger partial charge is 0.373 e. The van der Waals surface area contributed by atoms with E-state index in [-0.39, 0.29) is 19.3 Å². The molecule has 0 aliphatic carbocycles. The molecule has 0 saturated carbocycles. The van der Waals surface area contributed by atoms with Crippen LogP contribution in [0.15, 0.2) is 0 Å². The maximum Gasteiger partial charge on any atom is 0.373 e. The lowest BCUT2D eigenvalue weighted by atomic mass is 10.1. The summed E-state index contributed by atoms with van der Waals surface area (Å²) in [5.41, 5.74) is 0. The highest BCUT2D eigenvalue weighted by Gasteiger charge is 2.58. The molecule has 0 aliphatic rings. The lowest BCUT2D eigenvalue weighted by Crippen LogP contribution is -2.62. The van der Waals surface area contributed by atoms with Crippen LogP contribution >= 0.6 is 0 Å². The fourth-order valence-corrected chi connectivity index (χ4v) is 6.83. The second-order valence-corrected chi connectivity index (χ2v) is 15.9. The molecule has 0 amide bonds. The molecule has 9 nitrogen and oxygen atoms in total. The summed E-state index contributed by atoms with van der Waals surface area (Å²) in [6.45, 7) is 5.62. The summed E-state index contributed by atoms with van der Waals surface area (Å²) in [4.78, 5) is 38.6. The van der Waals surface area contributed by atoms with E-state index in [4.69, 9.17) is 14.2 Å². The Morgan fingerprint density at radius 2 is 0.574 bits per heavy atom.